The number of carbonyl (C=O) groups excluding carboxylic acids is 2. The fraction of sp³-hybridized carbons (Fsp3) is 0.333. The van der Waals surface area contributed by atoms with Crippen molar-refractivity contribution < 1.29 is 23.5 Å². The highest BCUT2D eigenvalue weighted by atomic mass is 16.6. The van der Waals surface area contributed by atoms with Gasteiger partial charge in [-0.15, -0.1) is 0 Å². The number of nitrogens with one attached hydrogen (secondary N) is 1. The third-order valence-corrected chi connectivity index (χ3v) is 3.92. The van der Waals surface area contributed by atoms with E-state index < -0.39 is 6.04 Å². The summed E-state index contributed by atoms with van der Waals surface area (Å²) in [5.41, 5.74) is 0.378. The number of rotatable bonds is 5. The minimum atomic E-state index is -0.663. The third kappa shape index (κ3) is 3.93. The van der Waals surface area contributed by atoms with E-state index in [1.54, 1.807) is 20.0 Å². The summed E-state index contributed by atoms with van der Waals surface area (Å²) in [6, 6.07) is 8.30. The van der Waals surface area contributed by atoms with E-state index in [2.05, 4.69) is 5.32 Å². The van der Waals surface area contributed by atoms with Crippen LogP contribution in [0.4, 0.5) is 0 Å². The van der Waals surface area contributed by atoms with Gasteiger partial charge in [-0.25, -0.2) is 0 Å². The van der Waals surface area contributed by atoms with Crippen molar-refractivity contribution in [3.8, 4) is 11.5 Å². The number of likely N-dealkylation sites (N-methyl/N-ethyl adjacent to an activating group) is 1. The molecule has 2 heterocycles. The molecule has 7 nitrogen and oxygen atoms in total. The van der Waals surface area contributed by atoms with Crippen LogP contribution in [0.5, 0.6) is 11.5 Å². The van der Waals surface area contributed by atoms with Gasteiger partial charge in [0.25, 0.3) is 5.91 Å². The number of hydrogen-bond donors (Lipinski definition) is 1. The van der Waals surface area contributed by atoms with Crippen LogP contribution in [0.25, 0.3) is 0 Å². The zero-order valence-electron chi connectivity index (χ0n) is 14.1. The average Bonchev–Trinajstić information content (AvgIpc) is 3.15. The molecular weight excluding hydrogens is 324 g/mol. The van der Waals surface area contributed by atoms with Gasteiger partial charge < -0.3 is 24.1 Å². The molecule has 1 aliphatic rings. The molecule has 0 saturated heterocycles. The maximum Gasteiger partial charge on any atom is 0.255 e. The largest absolute Gasteiger partial charge is 0.486 e. The summed E-state index contributed by atoms with van der Waals surface area (Å²) in [6.07, 6.45) is 2.48. The number of fused-ring (bicyclic) bond motifs is 1. The molecule has 0 fully saturated rings. The lowest BCUT2D eigenvalue weighted by atomic mass is 10.2. The molecule has 2 amide bonds. The lowest BCUT2D eigenvalue weighted by Crippen LogP contribution is -2.49. The Morgan fingerprint density at radius 1 is 1.28 bits per heavy atom. The van der Waals surface area contributed by atoms with Crippen LogP contribution in [0, 0.1) is 0 Å². The van der Waals surface area contributed by atoms with Crippen LogP contribution < -0.4 is 14.8 Å². The number of furan rings is 1. The molecule has 3 rings (SSSR count). The normalized spacial score (nSPS) is 16.8. The van der Waals surface area contributed by atoms with Gasteiger partial charge in [-0.05, 0) is 25.1 Å². The highest BCUT2D eigenvalue weighted by Gasteiger charge is 2.26. The maximum atomic E-state index is 12.5. The molecule has 2 aromatic rings. The van der Waals surface area contributed by atoms with E-state index in [4.69, 9.17) is 13.9 Å². The topological polar surface area (TPSA) is 81.0 Å². The average molecular weight is 344 g/mol. The monoisotopic (exact) mass is 344 g/mol. The second kappa shape index (κ2) is 7.29. The summed E-state index contributed by atoms with van der Waals surface area (Å²) in [5.74, 6) is 0.808. The van der Waals surface area contributed by atoms with Gasteiger partial charge in [0.05, 0.1) is 18.4 Å². The summed E-state index contributed by atoms with van der Waals surface area (Å²) in [5, 5.41) is 2.65. The van der Waals surface area contributed by atoms with Crippen molar-refractivity contribution in [2.45, 2.75) is 19.1 Å². The molecule has 7 heteroatoms. The zero-order chi connectivity index (χ0) is 17.8. The number of hydrogen-bond acceptors (Lipinski definition) is 5. The SMILES string of the molecule is C[C@@H](NC(=O)c1ccoc1)C(=O)N(C)C[C@@H]1COc2ccccc2O1. The highest BCUT2D eigenvalue weighted by molar-refractivity contribution is 5.97. The first-order valence-corrected chi connectivity index (χ1v) is 8.01. The Morgan fingerprint density at radius 2 is 2.04 bits per heavy atom. The minimum Gasteiger partial charge on any atom is -0.486 e. The summed E-state index contributed by atoms with van der Waals surface area (Å²) in [7, 11) is 1.67. The van der Waals surface area contributed by atoms with Gasteiger partial charge >= 0.3 is 0 Å². The first-order chi connectivity index (χ1) is 12.0. The quantitative estimate of drug-likeness (QED) is 0.893. The Morgan fingerprint density at radius 3 is 2.76 bits per heavy atom. The Hall–Kier alpha value is -2.96. The lowest BCUT2D eigenvalue weighted by Gasteiger charge is -2.30. The fourth-order valence-corrected chi connectivity index (χ4v) is 2.61. The van der Waals surface area contributed by atoms with E-state index in [1.165, 1.54) is 17.4 Å². The number of nitrogens with zero attached hydrogens (tertiary/aromatic N) is 1. The van der Waals surface area contributed by atoms with E-state index in [1.807, 2.05) is 24.3 Å². The van der Waals surface area contributed by atoms with Crippen molar-refractivity contribution in [2.24, 2.45) is 0 Å². The van der Waals surface area contributed by atoms with Crippen LogP contribution in [0.15, 0.2) is 47.3 Å². The maximum absolute atomic E-state index is 12.5. The van der Waals surface area contributed by atoms with Gasteiger partial charge in [-0.3, -0.25) is 9.59 Å². The molecule has 2 atom stereocenters. The molecule has 0 radical (unpaired) electrons. The second-order valence-electron chi connectivity index (χ2n) is 5.92. The van der Waals surface area contributed by atoms with Crippen LogP contribution >= 0.6 is 0 Å². The molecule has 0 spiro atoms. The molecule has 132 valence electrons. The molecule has 0 aliphatic carbocycles. The van der Waals surface area contributed by atoms with Crippen molar-refractivity contribution in [3.05, 3.63) is 48.4 Å². The molecule has 0 unspecified atom stereocenters. The number of carbonyl (C=O) groups is 2. The minimum absolute atomic E-state index is 0.209. The second-order valence-corrected chi connectivity index (χ2v) is 5.92. The molecule has 0 bridgehead atoms. The Kier molecular flexibility index (Phi) is 4.92. The fourth-order valence-electron chi connectivity index (χ4n) is 2.61. The lowest BCUT2D eigenvalue weighted by molar-refractivity contribution is -0.132. The molecular formula is C18H20N2O5. The predicted octanol–water partition coefficient (Wildman–Crippen LogP) is 1.70. The molecule has 1 aromatic carbocycles. The first kappa shape index (κ1) is 16.9. The van der Waals surface area contributed by atoms with Crippen molar-refractivity contribution in [1.82, 2.24) is 10.2 Å². The van der Waals surface area contributed by atoms with Gasteiger partial charge in [0, 0.05) is 7.05 Å². The van der Waals surface area contributed by atoms with Crippen molar-refractivity contribution in [2.75, 3.05) is 20.2 Å². The predicted molar refractivity (Wildman–Crippen MR) is 89.6 cm³/mol. The van der Waals surface area contributed by atoms with Gasteiger partial charge in [-0.1, -0.05) is 12.1 Å². The van der Waals surface area contributed by atoms with Gasteiger partial charge in [0.15, 0.2) is 17.6 Å². The number of amides is 2. The summed E-state index contributed by atoms with van der Waals surface area (Å²) >= 11 is 0. The molecule has 0 saturated carbocycles. The zero-order valence-corrected chi connectivity index (χ0v) is 14.1. The van der Waals surface area contributed by atoms with Crippen LogP contribution in [-0.4, -0.2) is 49.1 Å². The summed E-state index contributed by atoms with van der Waals surface area (Å²) in [4.78, 5) is 26.0. The number of benzene rings is 1. The van der Waals surface area contributed by atoms with E-state index >= 15 is 0 Å². The van der Waals surface area contributed by atoms with Crippen LogP contribution in [0.3, 0.4) is 0 Å². The van der Waals surface area contributed by atoms with Crippen molar-refractivity contribution in [1.29, 1.82) is 0 Å². The molecule has 1 aliphatic heterocycles. The van der Waals surface area contributed by atoms with Crippen molar-refractivity contribution >= 4 is 11.8 Å². The third-order valence-electron chi connectivity index (χ3n) is 3.92. The van der Waals surface area contributed by atoms with Crippen LogP contribution in [0.1, 0.15) is 17.3 Å². The van der Waals surface area contributed by atoms with Gasteiger partial charge in [0.1, 0.15) is 18.9 Å². The molecule has 1 N–H and O–H groups in total. The molecule has 1 aromatic heterocycles. The van der Waals surface area contributed by atoms with E-state index in [0.717, 1.165) is 0 Å². The van der Waals surface area contributed by atoms with Gasteiger partial charge in [-0.2, -0.15) is 0 Å². The van der Waals surface area contributed by atoms with Gasteiger partial charge in [0.2, 0.25) is 5.91 Å². The van der Waals surface area contributed by atoms with E-state index in [0.29, 0.717) is 30.2 Å². The summed E-state index contributed by atoms with van der Waals surface area (Å²) < 4.78 is 16.4. The number of para-hydroxylation sites is 2. The Balaban J connectivity index is 1.53. The number of ether oxygens (including phenoxy) is 2. The smallest absolute Gasteiger partial charge is 0.255 e. The van der Waals surface area contributed by atoms with Crippen LogP contribution in [0.2, 0.25) is 0 Å². The summed E-state index contributed by atoms with van der Waals surface area (Å²) in [6.45, 7) is 2.37. The Labute approximate surface area is 145 Å². The Bertz CT molecular complexity index is 744. The first-order valence-electron chi connectivity index (χ1n) is 8.01. The van der Waals surface area contributed by atoms with E-state index in [-0.39, 0.29) is 17.9 Å². The van der Waals surface area contributed by atoms with E-state index in [9.17, 15) is 9.59 Å². The highest BCUT2D eigenvalue weighted by Crippen LogP contribution is 2.30. The molecule has 25 heavy (non-hydrogen) atoms. The standard InChI is InChI=1S/C18H20N2O5/c1-12(19-17(21)13-7-8-23-10-13)18(22)20(2)9-14-11-24-15-5-3-4-6-16(15)25-14/h3-8,10,12,14H,9,11H2,1-2H3,(H,19,21)/t12-,14-/m1/s1. The van der Waals surface area contributed by atoms with Crippen LogP contribution in [-0.2, 0) is 4.79 Å². The van der Waals surface area contributed by atoms with Crippen molar-refractivity contribution in [3.63, 3.8) is 0 Å².